The highest BCUT2D eigenvalue weighted by molar-refractivity contribution is 14.1. The van der Waals surface area contributed by atoms with Crippen molar-refractivity contribution in [3.63, 3.8) is 0 Å². The van der Waals surface area contributed by atoms with E-state index < -0.39 is 0 Å². The summed E-state index contributed by atoms with van der Waals surface area (Å²) in [6.07, 6.45) is 1.59. The standard InChI is InChI=1S/C29H27FIN3O3/c1-2-36-27-18-22(17-26(31)28(27)37-20-21-7-6-8-24(30)16-21)15-23(19-32)29(35)34-13-11-33(12-14-34)25-9-4-3-5-10-25/h3-10,15-18H,2,11-14,20H2,1H3/b23-15-. The van der Waals surface area contributed by atoms with Crippen molar-refractivity contribution >= 4 is 40.3 Å². The van der Waals surface area contributed by atoms with Crippen molar-refractivity contribution in [1.29, 1.82) is 5.26 Å². The second kappa shape index (κ2) is 12.6. The number of amides is 1. The van der Waals surface area contributed by atoms with Crippen molar-refractivity contribution in [2.75, 3.05) is 37.7 Å². The summed E-state index contributed by atoms with van der Waals surface area (Å²) >= 11 is 2.14. The van der Waals surface area contributed by atoms with Gasteiger partial charge in [-0.2, -0.15) is 5.26 Å². The third-order valence-corrected chi connectivity index (χ3v) is 6.76. The molecule has 0 radical (unpaired) electrons. The zero-order valence-corrected chi connectivity index (χ0v) is 22.7. The van der Waals surface area contributed by atoms with Crippen LogP contribution in [0.5, 0.6) is 11.5 Å². The Kier molecular flexibility index (Phi) is 9.01. The summed E-state index contributed by atoms with van der Waals surface area (Å²) in [4.78, 5) is 17.1. The number of halogens is 2. The minimum absolute atomic E-state index is 0.0693. The van der Waals surface area contributed by atoms with Gasteiger partial charge in [0.1, 0.15) is 24.1 Å². The van der Waals surface area contributed by atoms with Crippen LogP contribution in [0, 0.1) is 20.7 Å². The Balaban J connectivity index is 1.49. The van der Waals surface area contributed by atoms with Crippen LogP contribution in [0.1, 0.15) is 18.1 Å². The molecule has 0 saturated carbocycles. The van der Waals surface area contributed by atoms with Gasteiger partial charge in [0, 0.05) is 31.9 Å². The van der Waals surface area contributed by atoms with Gasteiger partial charge in [-0.05, 0) is 83.1 Å². The molecule has 1 aliphatic heterocycles. The smallest absolute Gasteiger partial charge is 0.264 e. The molecule has 1 fully saturated rings. The Morgan fingerprint density at radius 2 is 1.81 bits per heavy atom. The van der Waals surface area contributed by atoms with Crippen molar-refractivity contribution in [2.45, 2.75) is 13.5 Å². The van der Waals surface area contributed by atoms with Gasteiger partial charge in [-0.25, -0.2) is 4.39 Å². The number of benzene rings is 3. The summed E-state index contributed by atoms with van der Waals surface area (Å²) in [6, 6.07) is 22.0. The van der Waals surface area contributed by atoms with Crippen LogP contribution in [0.25, 0.3) is 6.08 Å². The number of nitrogens with zero attached hydrogens (tertiary/aromatic N) is 3. The zero-order chi connectivity index (χ0) is 26.2. The monoisotopic (exact) mass is 611 g/mol. The number of rotatable bonds is 8. The van der Waals surface area contributed by atoms with Crippen molar-refractivity contribution in [2.24, 2.45) is 0 Å². The Morgan fingerprint density at radius 3 is 2.49 bits per heavy atom. The number of anilines is 1. The molecular formula is C29H27FIN3O3. The number of ether oxygens (including phenoxy) is 2. The fourth-order valence-corrected chi connectivity index (χ4v) is 4.92. The van der Waals surface area contributed by atoms with Gasteiger partial charge in [0.2, 0.25) is 0 Å². The van der Waals surface area contributed by atoms with E-state index in [-0.39, 0.29) is 23.9 Å². The first-order chi connectivity index (χ1) is 18.0. The number of para-hydroxylation sites is 1. The van der Waals surface area contributed by atoms with Crippen LogP contribution >= 0.6 is 22.6 Å². The third-order valence-electron chi connectivity index (χ3n) is 5.95. The first-order valence-corrected chi connectivity index (χ1v) is 13.1. The number of nitriles is 1. The van der Waals surface area contributed by atoms with Crippen LogP contribution in [0.2, 0.25) is 0 Å². The van der Waals surface area contributed by atoms with Crippen LogP contribution in [-0.4, -0.2) is 43.6 Å². The fourth-order valence-electron chi connectivity index (χ4n) is 4.14. The molecule has 0 aromatic heterocycles. The Hall–Kier alpha value is -3.58. The molecule has 1 aliphatic rings. The summed E-state index contributed by atoms with van der Waals surface area (Å²) in [5.41, 5.74) is 2.56. The first-order valence-electron chi connectivity index (χ1n) is 12.0. The largest absolute Gasteiger partial charge is 0.490 e. The van der Waals surface area contributed by atoms with E-state index in [1.54, 1.807) is 29.2 Å². The summed E-state index contributed by atoms with van der Waals surface area (Å²) in [6.45, 7) is 4.96. The van der Waals surface area contributed by atoms with Crippen LogP contribution in [0.15, 0.2) is 72.3 Å². The van der Waals surface area contributed by atoms with Gasteiger partial charge >= 0.3 is 0 Å². The molecular weight excluding hydrogens is 584 g/mol. The van der Waals surface area contributed by atoms with E-state index in [4.69, 9.17) is 9.47 Å². The maximum Gasteiger partial charge on any atom is 0.264 e. The quantitative estimate of drug-likeness (QED) is 0.187. The molecule has 0 aliphatic carbocycles. The highest BCUT2D eigenvalue weighted by atomic mass is 127. The van der Waals surface area contributed by atoms with Gasteiger partial charge in [-0.3, -0.25) is 4.79 Å². The number of carbonyl (C=O) groups is 1. The Labute approximate surface area is 230 Å². The maximum absolute atomic E-state index is 13.5. The van der Waals surface area contributed by atoms with Gasteiger partial charge in [0.15, 0.2) is 11.5 Å². The lowest BCUT2D eigenvalue weighted by molar-refractivity contribution is -0.126. The van der Waals surface area contributed by atoms with Crippen molar-refractivity contribution in [3.05, 3.63) is 92.8 Å². The van der Waals surface area contributed by atoms with Gasteiger partial charge in [0.25, 0.3) is 5.91 Å². The molecule has 1 heterocycles. The van der Waals surface area contributed by atoms with E-state index in [1.165, 1.54) is 12.1 Å². The van der Waals surface area contributed by atoms with Gasteiger partial charge in [-0.1, -0.05) is 30.3 Å². The predicted molar refractivity (Wildman–Crippen MR) is 150 cm³/mol. The van der Waals surface area contributed by atoms with Gasteiger partial charge in [-0.15, -0.1) is 0 Å². The minimum atomic E-state index is -0.323. The molecule has 190 valence electrons. The van der Waals surface area contributed by atoms with E-state index in [9.17, 15) is 14.4 Å². The summed E-state index contributed by atoms with van der Waals surface area (Å²) in [5, 5.41) is 9.78. The van der Waals surface area contributed by atoms with E-state index >= 15 is 0 Å². The molecule has 0 unspecified atom stereocenters. The molecule has 4 rings (SSSR count). The lowest BCUT2D eigenvalue weighted by Crippen LogP contribution is -2.49. The van der Waals surface area contributed by atoms with Gasteiger partial charge < -0.3 is 19.3 Å². The predicted octanol–water partition coefficient (Wildman–Crippen LogP) is 5.66. The molecule has 0 N–H and O–H groups in total. The topological polar surface area (TPSA) is 65.8 Å². The SMILES string of the molecule is CCOc1cc(/C=C(/C#N)C(=O)N2CCN(c3ccccc3)CC2)cc(I)c1OCc1cccc(F)c1. The first kappa shape index (κ1) is 26.5. The average Bonchev–Trinajstić information content (AvgIpc) is 2.92. The molecule has 1 saturated heterocycles. The maximum atomic E-state index is 13.5. The molecule has 0 bridgehead atoms. The molecule has 1 amide bonds. The van der Waals surface area contributed by atoms with Crippen molar-refractivity contribution in [3.8, 4) is 17.6 Å². The van der Waals surface area contributed by atoms with E-state index in [1.807, 2.05) is 31.2 Å². The number of hydrogen-bond acceptors (Lipinski definition) is 5. The highest BCUT2D eigenvalue weighted by Gasteiger charge is 2.24. The van der Waals surface area contributed by atoms with Crippen molar-refractivity contribution < 1.29 is 18.7 Å². The van der Waals surface area contributed by atoms with Crippen LogP contribution in [0.4, 0.5) is 10.1 Å². The molecule has 0 atom stereocenters. The number of carbonyl (C=O) groups excluding carboxylic acids is 1. The van der Waals surface area contributed by atoms with Crippen LogP contribution in [-0.2, 0) is 11.4 Å². The van der Waals surface area contributed by atoms with Crippen LogP contribution < -0.4 is 14.4 Å². The second-order valence-electron chi connectivity index (χ2n) is 8.47. The average molecular weight is 611 g/mol. The van der Waals surface area contributed by atoms with Crippen LogP contribution in [0.3, 0.4) is 0 Å². The van der Waals surface area contributed by atoms with E-state index in [0.29, 0.717) is 55.4 Å². The summed E-state index contributed by atoms with van der Waals surface area (Å²) in [7, 11) is 0. The number of hydrogen-bond donors (Lipinski definition) is 0. The highest BCUT2D eigenvalue weighted by Crippen LogP contribution is 2.35. The van der Waals surface area contributed by atoms with Crippen molar-refractivity contribution in [1.82, 2.24) is 4.90 Å². The third kappa shape index (κ3) is 6.80. The summed E-state index contributed by atoms with van der Waals surface area (Å²) < 4.78 is 26.1. The lowest BCUT2D eigenvalue weighted by atomic mass is 10.1. The number of piperazine rings is 1. The van der Waals surface area contributed by atoms with Gasteiger partial charge in [0.05, 0.1) is 10.2 Å². The fraction of sp³-hybridized carbons (Fsp3) is 0.241. The molecule has 8 heteroatoms. The minimum Gasteiger partial charge on any atom is -0.490 e. The molecule has 37 heavy (non-hydrogen) atoms. The molecule has 6 nitrogen and oxygen atoms in total. The zero-order valence-electron chi connectivity index (χ0n) is 20.5. The molecule has 0 spiro atoms. The molecule has 3 aromatic carbocycles. The lowest BCUT2D eigenvalue weighted by Gasteiger charge is -2.36. The molecule has 3 aromatic rings. The normalized spacial score (nSPS) is 13.7. The summed E-state index contributed by atoms with van der Waals surface area (Å²) in [5.74, 6) is 0.426. The second-order valence-corrected chi connectivity index (χ2v) is 9.63. The van der Waals surface area contributed by atoms with E-state index in [2.05, 4.69) is 45.7 Å². The Bertz CT molecular complexity index is 1320. The van der Waals surface area contributed by atoms with E-state index in [0.717, 1.165) is 9.26 Å². The Morgan fingerprint density at radius 1 is 1.05 bits per heavy atom.